The number of esters is 1. The van der Waals surface area contributed by atoms with E-state index < -0.39 is 24.1 Å². The Morgan fingerprint density at radius 3 is 2.06 bits per heavy atom. The molecule has 0 fully saturated rings. The van der Waals surface area contributed by atoms with Gasteiger partial charge in [-0.1, -0.05) is 36.4 Å². The third-order valence-corrected chi connectivity index (χ3v) is 4.73. The molecule has 0 spiro atoms. The van der Waals surface area contributed by atoms with Gasteiger partial charge in [0.1, 0.15) is 23.5 Å². The molecule has 172 valence electrons. The van der Waals surface area contributed by atoms with Crippen LogP contribution in [-0.4, -0.2) is 50.8 Å². The maximum atomic E-state index is 12.3. The molecule has 0 aliphatic heterocycles. The smallest absolute Gasteiger partial charge is 0.360 e. The Morgan fingerprint density at radius 1 is 0.939 bits per heavy atom. The van der Waals surface area contributed by atoms with E-state index in [1.165, 1.54) is 19.9 Å². The van der Waals surface area contributed by atoms with E-state index in [1.807, 2.05) is 0 Å². The van der Waals surface area contributed by atoms with Crippen LogP contribution in [0.5, 0.6) is 5.75 Å². The van der Waals surface area contributed by atoms with Gasteiger partial charge in [-0.25, -0.2) is 9.59 Å². The Hall–Kier alpha value is -4.22. The van der Waals surface area contributed by atoms with Gasteiger partial charge in [0.15, 0.2) is 11.9 Å². The van der Waals surface area contributed by atoms with Gasteiger partial charge in [0, 0.05) is 16.7 Å². The lowest BCUT2D eigenvalue weighted by molar-refractivity contribution is -0.152. The summed E-state index contributed by atoms with van der Waals surface area (Å²) in [6, 6.07) is 10.8. The topological polar surface area (TPSA) is 198 Å². The number of nitrogens with one attached hydrogen (secondary N) is 2. The van der Waals surface area contributed by atoms with E-state index in [-0.39, 0.29) is 39.6 Å². The number of nitrogen functional groups attached to an aromatic ring is 2. The highest BCUT2D eigenvalue weighted by Crippen LogP contribution is 2.41. The summed E-state index contributed by atoms with van der Waals surface area (Å²) in [5, 5.41) is 35.1. The van der Waals surface area contributed by atoms with Crippen LogP contribution < -0.4 is 21.0 Å². The van der Waals surface area contributed by atoms with Crippen LogP contribution in [-0.2, 0) is 9.59 Å². The van der Waals surface area contributed by atoms with Crippen LogP contribution in [0.1, 0.15) is 25.0 Å². The van der Waals surface area contributed by atoms with E-state index in [9.17, 15) is 19.8 Å². The number of amidine groups is 2. The molecule has 0 saturated carbocycles. The maximum absolute atomic E-state index is 12.3. The Kier molecular flexibility index (Phi) is 6.47. The van der Waals surface area contributed by atoms with E-state index in [0.717, 1.165) is 4.73 Å². The lowest BCUT2D eigenvalue weighted by Gasteiger charge is -2.13. The number of carbonyl (C=O) groups excluding carboxylic acids is 2. The summed E-state index contributed by atoms with van der Waals surface area (Å²) in [6.07, 6.45) is -2.93. The first-order valence-corrected chi connectivity index (χ1v) is 9.79. The lowest BCUT2D eigenvalue weighted by Crippen LogP contribution is -2.29. The van der Waals surface area contributed by atoms with E-state index in [0.29, 0.717) is 11.1 Å². The number of benzene rings is 2. The predicted molar refractivity (Wildman–Crippen MR) is 120 cm³/mol. The molecule has 11 heteroatoms. The Morgan fingerprint density at radius 2 is 1.55 bits per heavy atom. The summed E-state index contributed by atoms with van der Waals surface area (Å²) in [6.45, 7) is 2.45. The fourth-order valence-corrected chi connectivity index (χ4v) is 3.11. The molecule has 0 saturated heterocycles. The molecule has 1 aromatic heterocycles. The fraction of sp³-hybridized carbons (Fsp3) is 0.182. The van der Waals surface area contributed by atoms with Crippen LogP contribution in [0.4, 0.5) is 0 Å². The van der Waals surface area contributed by atoms with Crippen molar-refractivity contribution in [2.75, 3.05) is 0 Å². The van der Waals surface area contributed by atoms with Gasteiger partial charge in [-0.3, -0.25) is 10.8 Å². The summed E-state index contributed by atoms with van der Waals surface area (Å²) in [7, 11) is 0. The number of hydrogen-bond acceptors (Lipinski definition) is 8. The van der Waals surface area contributed by atoms with Crippen LogP contribution >= 0.6 is 0 Å². The van der Waals surface area contributed by atoms with Crippen molar-refractivity contribution in [1.29, 1.82) is 10.8 Å². The average molecular weight is 453 g/mol. The quantitative estimate of drug-likeness (QED) is 0.169. The zero-order chi connectivity index (χ0) is 24.4. The van der Waals surface area contributed by atoms with Crippen molar-refractivity contribution in [1.82, 2.24) is 4.73 Å². The van der Waals surface area contributed by atoms with Crippen LogP contribution in [0, 0.1) is 10.8 Å². The molecule has 0 aliphatic rings. The third-order valence-electron chi connectivity index (χ3n) is 4.73. The largest absolute Gasteiger partial charge is 0.421 e. The maximum Gasteiger partial charge on any atom is 0.360 e. The minimum atomic E-state index is -1.47. The summed E-state index contributed by atoms with van der Waals surface area (Å²) in [4.78, 5) is 30.0. The molecule has 11 nitrogen and oxygen atoms in total. The Labute approximate surface area is 188 Å². The summed E-state index contributed by atoms with van der Waals surface area (Å²) in [5.74, 6) is -2.60. The number of nitrogens with zero attached hydrogens (tertiary/aromatic N) is 1. The molecule has 33 heavy (non-hydrogen) atoms. The van der Waals surface area contributed by atoms with Crippen LogP contribution in [0.15, 0.2) is 42.5 Å². The molecule has 0 bridgehead atoms. The van der Waals surface area contributed by atoms with Crippen molar-refractivity contribution in [3.63, 3.8) is 0 Å². The number of aliphatic hydroxyl groups excluding tert-OH is 2. The van der Waals surface area contributed by atoms with Gasteiger partial charge in [0.05, 0.1) is 10.9 Å². The lowest BCUT2D eigenvalue weighted by atomic mass is 10.1. The average Bonchev–Trinajstić information content (AvgIpc) is 3.06. The van der Waals surface area contributed by atoms with Gasteiger partial charge in [-0.2, -0.15) is 4.73 Å². The number of hydrogen-bond donors (Lipinski definition) is 6. The molecular weight excluding hydrogens is 430 g/mol. The SMILES string of the molecule is CC(O)C(=O)Oc1c(-c2ccc(C(=N)N)cc2)n(OC(=O)C(C)O)c2cccc(C(=N)N)c12. The number of aliphatic hydroxyl groups is 2. The molecule has 1 heterocycles. The molecule has 2 unspecified atom stereocenters. The normalized spacial score (nSPS) is 12.7. The number of ether oxygens (including phenoxy) is 1. The molecule has 3 rings (SSSR count). The van der Waals surface area contributed by atoms with Crippen molar-refractivity contribution in [2.45, 2.75) is 26.1 Å². The molecule has 2 aromatic carbocycles. The minimum absolute atomic E-state index is 0.0804. The number of nitrogens with two attached hydrogens (primary N) is 2. The van der Waals surface area contributed by atoms with Crippen molar-refractivity contribution >= 4 is 34.5 Å². The summed E-state index contributed by atoms with van der Waals surface area (Å²) >= 11 is 0. The van der Waals surface area contributed by atoms with Gasteiger partial charge in [0.2, 0.25) is 0 Å². The van der Waals surface area contributed by atoms with E-state index >= 15 is 0 Å². The minimum Gasteiger partial charge on any atom is -0.421 e. The number of aromatic nitrogens is 1. The second-order valence-corrected chi connectivity index (χ2v) is 7.26. The second kappa shape index (κ2) is 9.10. The van der Waals surface area contributed by atoms with Gasteiger partial charge in [-0.05, 0) is 19.9 Å². The number of rotatable bonds is 7. The number of fused-ring (bicyclic) bond motifs is 1. The van der Waals surface area contributed by atoms with Crippen LogP contribution in [0.3, 0.4) is 0 Å². The standard InChI is InChI=1S/C22H23N5O6/c1-10(28)21(30)32-18-16-14(20(25)26)4-3-5-15(16)27(33-22(31)11(2)29)17(18)12-6-8-13(9-7-12)19(23)24/h3-11,28-29H,1-2H3,(H3,23,24)(H3,25,26). The molecule has 2 atom stereocenters. The van der Waals surface area contributed by atoms with Crippen LogP contribution in [0.2, 0.25) is 0 Å². The monoisotopic (exact) mass is 453 g/mol. The summed E-state index contributed by atoms with van der Waals surface area (Å²) < 4.78 is 6.54. The first-order chi connectivity index (χ1) is 15.5. The summed E-state index contributed by atoms with van der Waals surface area (Å²) in [5.41, 5.74) is 12.6. The number of carbonyl (C=O) groups is 2. The van der Waals surface area contributed by atoms with E-state index in [1.54, 1.807) is 36.4 Å². The van der Waals surface area contributed by atoms with Crippen LogP contribution in [0.25, 0.3) is 22.2 Å². The first kappa shape index (κ1) is 23.4. The first-order valence-electron chi connectivity index (χ1n) is 9.79. The zero-order valence-corrected chi connectivity index (χ0v) is 17.8. The van der Waals surface area contributed by atoms with Gasteiger partial charge in [-0.15, -0.1) is 0 Å². The predicted octanol–water partition coefficient (Wildman–Crippen LogP) is 0.499. The highest BCUT2D eigenvalue weighted by Gasteiger charge is 2.29. The highest BCUT2D eigenvalue weighted by molar-refractivity contribution is 6.12. The van der Waals surface area contributed by atoms with Crippen molar-refractivity contribution < 1.29 is 29.4 Å². The fourth-order valence-electron chi connectivity index (χ4n) is 3.11. The van der Waals surface area contributed by atoms with Gasteiger partial charge in [0.25, 0.3) is 0 Å². The van der Waals surface area contributed by atoms with Gasteiger partial charge >= 0.3 is 11.9 Å². The molecule has 8 N–H and O–H groups in total. The Bertz CT molecular complexity index is 1260. The molecular formula is C22H23N5O6. The molecule has 0 radical (unpaired) electrons. The van der Waals surface area contributed by atoms with Gasteiger partial charge < -0.3 is 31.3 Å². The van der Waals surface area contributed by atoms with E-state index in [4.69, 9.17) is 31.9 Å². The molecule has 0 amide bonds. The zero-order valence-electron chi connectivity index (χ0n) is 17.8. The molecule has 3 aromatic rings. The molecule has 0 aliphatic carbocycles. The van der Waals surface area contributed by atoms with Crippen molar-refractivity contribution in [3.05, 3.63) is 53.6 Å². The van der Waals surface area contributed by atoms with E-state index in [2.05, 4.69) is 0 Å². The van der Waals surface area contributed by atoms with Crippen molar-refractivity contribution in [3.8, 4) is 17.0 Å². The third kappa shape index (κ3) is 4.54. The Balaban J connectivity index is 2.41. The highest BCUT2D eigenvalue weighted by atomic mass is 16.7. The second-order valence-electron chi connectivity index (χ2n) is 7.26. The van der Waals surface area contributed by atoms with Crippen molar-refractivity contribution in [2.24, 2.45) is 11.5 Å².